The van der Waals surface area contributed by atoms with E-state index >= 15 is 0 Å². The number of nitrogens with two attached hydrogens (primary N) is 1. The maximum absolute atomic E-state index is 12.0. The molecule has 1 aliphatic carbocycles. The summed E-state index contributed by atoms with van der Waals surface area (Å²) in [4.78, 5) is 14.0. The number of nitrogens with zero attached hydrogens (tertiary/aromatic N) is 1. The van der Waals surface area contributed by atoms with E-state index in [1.165, 1.54) is 6.42 Å². The number of carbonyl (C=O) groups excluding carboxylic acids is 1. The summed E-state index contributed by atoms with van der Waals surface area (Å²) in [7, 11) is 0. The normalized spacial score (nSPS) is 27.8. The second kappa shape index (κ2) is 3.51. The number of rotatable bonds is 2. The Morgan fingerprint density at radius 2 is 2.25 bits per heavy atom. The summed E-state index contributed by atoms with van der Waals surface area (Å²) in [6, 6.07) is 8.30. The maximum Gasteiger partial charge on any atom is 0.226 e. The number of hydrogen-bond donors (Lipinski definition) is 1. The molecular weight excluding hydrogens is 200 g/mol. The molecule has 2 fully saturated rings. The highest BCUT2D eigenvalue weighted by atomic mass is 16.2. The number of nitrogen functional groups attached to an aromatic ring is 1. The number of anilines is 1. The van der Waals surface area contributed by atoms with Gasteiger partial charge < -0.3 is 10.6 Å². The Kier molecular flexibility index (Phi) is 2.13. The molecule has 84 valence electrons. The summed E-state index contributed by atoms with van der Waals surface area (Å²) < 4.78 is 0. The van der Waals surface area contributed by atoms with Crippen molar-refractivity contribution in [1.29, 1.82) is 0 Å². The number of piperidine rings is 1. The third kappa shape index (κ3) is 1.47. The average molecular weight is 216 g/mol. The highest BCUT2D eigenvalue weighted by Crippen LogP contribution is 2.39. The van der Waals surface area contributed by atoms with Crippen molar-refractivity contribution < 1.29 is 4.79 Å². The van der Waals surface area contributed by atoms with Crippen LogP contribution in [0.15, 0.2) is 24.3 Å². The molecule has 1 aliphatic heterocycles. The van der Waals surface area contributed by atoms with E-state index in [1.807, 2.05) is 29.2 Å². The largest absolute Gasteiger partial charge is 0.399 e. The fourth-order valence-corrected chi connectivity index (χ4v) is 2.97. The van der Waals surface area contributed by atoms with E-state index in [9.17, 15) is 4.79 Å². The topological polar surface area (TPSA) is 46.3 Å². The zero-order valence-corrected chi connectivity index (χ0v) is 9.23. The quantitative estimate of drug-likeness (QED) is 0.766. The zero-order chi connectivity index (χ0) is 11.1. The molecule has 1 amide bonds. The molecule has 1 aromatic carbocycles. The average Bonchev–Trinajstić information content (AvgIpc) is 2.82. The molecule has 2 bridgehead atoms. The molecule has 2 unspecified atom stereocenters. The van der Waals surface area contributed by atoms with Crippen LogP contribution >= 0.6 is 0 Å². The summed E-state index contributed by atoms with van der Waals surface area (Å²) in [5.74, 6) is 0.657. The lowest BCUT2D eigenvalue weighted by Gasteiger charge is -2.27. The number of hydrogen-bond acceptors (Lipinski definition) is 2. The van der Waals surface area contributed by atoms with Crippen LogP contribution in [-0.4, -0.2) is 16.8 Å². The molecule has 2 atom stereocenters. The summed E-state index contributed by atoms with van der Waals surface area (Å²) in [5, 5.41) is 0. The van der Waals surface area contributed by atoms with Crippen LogP contribution in [0.3, 0.4) is 0 Å². The van der Waals surface area contributed by atoms with Crippen LogP contribution in [0.5, 0.6) is 0 Å². The standard InChI is InChI=1S/C13H16N2O/c14-11-3-1-2-9(6-11)8-15-12-5-4-10(7-12)13(15)16/h1-3,6,10,12H,4-5,7-8,14H2. The van der Waals surface area contributed by atoms with Gasteiger partial charge in [0, 0.05) is 24.2 Å². The number of likely N-dealkylation sites (tertiary alicyclic amines) is 1. The Morgan fingerprint density at radius 1 is 1.38 bits per heavy atom. The van der Waals surface area contributed by atoms with Gasteiger partial charge in [-0.1, -0.05) is 12.1 Å². The van der Waals surface area contributed by atoms with Crippen molar-refractivity contribution in [2.75, 3.05) is 5.73 Å². The molecule has 2 N–H and O–H groups in total. The minimum absolute atomic E-state index is 0.311. The summed E-state index contributed by atoms with van der Waals surface area (Å²) in [6.07, 6.45) is 3.34. The molecule has 1 saturated heterocycles. The molecule has 1 heterocycles. The fourth-order valence-electron chi connectivity index (χ4n) is 2.97. The fraction of sp³-hybridized carbons (Fsp3) is 0.462. The van der Waals surface area contributed by atoms with Gasteiger partial charge in [0.1, 0.15) is 0 Å². The van der Waals surface area contributed by atoms with Gasteiger partial charge in [-0.3, -0.25) is 4.79 Å². The molecular formula is C13H16N2O. The van der Waals surface area contributed by atoms with Crippen molar-refractivity contribution in [3.8, 4) is 0 Å². The summed E-state index contributed by atoms with van der Waals surface area (Å²) in [5.41, 5.74) is 7.65. The molecule has 3 rings (SSSR count). The molecule has 1 saturated carbocycles. The van der Waals surface area contributed by atoms with Gasteiger partial charge in [0.2, 0.25) is 5.91 Å². The van der Waals surface area contributed by atoms with Gasteiger partial charge in [-0.05, 0) is 37.0 Å². The second-order valence-electron chi connectivity index (χ2n) is 4.87. The Labute approximate surface area is 95.2 Å². The summed E-state index contributed by atoms with van der Waals surface area (Å²) in [6.45, 7) is 0.727. The first-order valence-corrected chi connectivity index (χ1v) is 5.89. The second-order valence-corrected chi connectivity index (χ2v) is 4.87. The van der Waals surface area contributed by atoms with Crippen LogP contribution in [0.2, 0.25) is 0 Å². The van der Waals surface area contributed by atoms with E-state index in [-0.39, 0.29) is 0 Å². The lowest BCUT2D eigenvalue weighted by Crippen LogP contribution is -2.36. The van der Waals surface area contributed by atoms with Gasteiger partial charge in [0.15, 0.2) is 0 Å². The third-order valence-electron chi connectivity index (χ3n) is 3.78. The van der Waals surface area contributed by atoms with E-state index in [0.29, 0.717) is 17.9 Å². The van der Waals surface area contributed by atoms with E-state index < -0.39 is 0 Å². The molecule has 1 aromatic rings. The van der Waals surface area contributed by atoms with Crippen molar-refractivity contribution in [3.05, 3.63) is 29.8 Å². The Balaban J connectivity index is 1.78. The van der Waals surface area contributed by atoms with Crippen LogP contribution in [0.25, 0.3) is 0 Å². The molecule has 0 aromatic heterocycles. The smallest absolute Gasteiger partial charge is 0.226 e. The molecule has 3 heteroatoms. The molecule has 2 aliphatic rings. The predicted molar refractivity (Wildman–Crippen MR) is 62.5 cm³/mol. The molecule has 3 nitrogen and oxygen atoms in total. The van der Waals surface area contributed by atoms with Crippen molar-refractivity contribution in [1.82, 2.24) is 4.90 Å². The van der Waals surface area contributed by atoms with Gasteiger partial charge in [-0.15, -0.1) is 0 Å². The van der Waals surface area contributed by atoms with E-state index in [1.54, 1.807) is 0 Å². The number of amides is 1. The monoisotopic (exact) mass is 216 g/mol. The van der Waals surface area contributed by atoms with Crippen LogP contribution in [-0.2, 0) is 11.3 Å². The van der Waals surface area contributed by atoms with Crippen molar-refractivity contribution in [2.45, 2.75) is 31.8 Å². The highest BCUT2D eigenvalue weighted by molar-refractivity contribution is 5.82. The van der Waals surface area contributed by atoms with E-state index in [2.05, 4.69) is 0 Å². The lowest BCUT2D eigenvalue weighted by molar-refractivity contribution is -0.134. The minimum Gasteiger partial charge on any atom is -0.399 e. The first-order chi connectivity index (χ1) is 7.74. The highest BCUT2D eigenvalue weighted by Gasteiger charge is 2.44. The van der Waals surface area contributed by atoms with Crippen LogP contribution < -0.4 is 5.73 Å². The Hall–Kier alpha value is -1.51. The molecule has 0 spiro atoms. The first kappa shape index (κ1) is 9.70. The van der Waals surface area contributed by atoms with Crippen LogP contribution in [0, 0.1) is 5.92 Å². The zero-order valence-electron chi connectivity index (χ0n) is 9.23. The number of benzene rings is 1. The number of carbonyl (C=O) groups is 1. The van der Waals surface area contributed by atoms with Crippen molar-refractivity contribution in [3.63, 3.8) is 0 Å². The van der Waals surface area contributed by atoms with Gasteiger partial charge in [0.05, 0.1) is 0 Å². The van der Waals surface area contributed by atoms with Crippen molar-refractivity contribution >= 4 is 11.6 Å². The molecule has 16 heavy (non-hydrogen) atoms. The lowest BCUT2D eigenvalue weighted by atomic mass is 10.1. The minimum atomic E-state index is 0.311. The van der Waals surface area contributed by atoms with Crippen LogP contribution in [0.1, 0.15) is 24.8 Å². The Morgan fingerprint density at radius 3 is 2.94 bits per heavy atom. The van der Waals surface area contributed by atoms with Gasteiger partial charge in [-0.2, -0.15) is 0 Å². The first-order valence-electron chi connectivity index (χ1n) is 5.89. The van der Waals surface area contributed by atoms with Crippen molar-refractivity contribution in [2.24, 2.45) is 5.92 Å². The Bertz CT molecular complexity index is 430. The van der Waals surface area contributed by atoms with Gasteiger partial charge in [0.25, 0.3) is 0 Å². The van der Waals surface area contributed by atoms with E-state index in [0.717, 1.165) is 30.6 Å². The van der Waals surface area contributed by atoms with E-state index in [4.69, 9.17) is 5.73 Å². The van der Waals surface area contributed by atoms with Gasteiger partial charge >= 0.3 is 0 Å². The number of fused-ring (bicyclic) bond motifs is 2. The maximum atomic E-state index is 12.0. The van der Waals surface area contributed by atoms with Gasteiger partial charge in [-0.25, -0.2) is 0 Å². The molecule has 0 radical (unpaired) electrons. The summed E-state index contributed by atoms with van der Waals surface area (Å²) >= 11 is 0. The van der Waals surface area contributed by atoms with Crippen LogP contribution in [0.4, 0.5) is 5.69 Å². The SMILES string of the molecule is Nc1cccc(CN2C(=O)C3CCC2C3)c1. The third-order valence-corrected chi connectivity index (χ3v) is 3.78. The predicted octanol–water partition coefficient (Wildman–Crippen LogP) is 1.78.